The Morgan fingerprint density at radius 3 is 2.57 bits per heavy atom. The van der Waals surface area contributed by atoms with E-state index < -0.39 is 11.7 Å². The fourth-order valence-electron chi connectivity index (χ4n) is 10.0. The summed E-state index contributed by atoms with van der Waals surface area (Å²) in [5, 5.41) is 22.7. The summed E-state index contributed by atoms with van der Waals surface area (Å²) < 4.78 is 23.2. The molecule has 0 aromatic carbocycles. The van der Waals surface area contributed by atoms with E-state index in [9.17, 15) is 15.0 Å². The summed E-state index contributed by atoms with van der Waals surface area (Å²) in [6, 6.07) is 0. The third-order valence-corrected chi connectivity index (χ3v) is 12.2. The second-order valence-corrected chi connectivity index (χ2v) is 13.6. The zero-order valence-electron chi connectivity index (χ0n) is 23.0. The van der Waals surface area contributed by atoms with Crippen LogP contribution in [0.1, 0.15) is 85.0 Å². The number of carbonyl (C=O) groups excluding carboxylic acids is 1. The first-order chi connectivity index (χ1) is 17.6. The normalized spacial score (nSPS) is 53.6. The van der Waals surface area contributed by atoms with E-state index in [-0.39, 0.29) is 47.3 Å². The molecule has 4 aliphatic carbocycles. The van der Waals surface area contributed by atoms with E-state index in [1.54, 1.807) is 13.2 Å². The third kappa shape index (κ3) is 3.97. The molecule has 0 bridgehead atoms. The maximum Gasteiger partial charge on any atom is 0.331 e. The van der Waals surface area contributed by atoms with E-state index >= 15 is 0 Å². The minimum absolute atomic E-state index is 0.166. The summed E-state index contributed by atoms with van der Waals surface area (Å²) in [6.07, 6.45) is 10.2. The summed E-state index contributed by atoms with van der Waals surface area (Å²) in [7, 11) is 1.64. The number of aliphatic hydroxyl groups excluding tert-OH is 1. The van der Waals surface area contributed by atoms with Gasteiger partial charge in [0.1, 0.15) is 12.7 Å². The highest BCUT2D eigenvalue weighted by molar-refractivity contribution is 5.85. The maximum absolute atomic E-state index is 12.4. The van der Waals surface area contributed by atoms with E-state index in [4.69, 9.17) is 18.9 Å². The van der Waals surface area contributed by atoms with Crippen molar-refractivity contribution < 1.29 is 34.0 Å². The molecule has 0 spiro atoms. The Labute approximate surface area is 221 Å². The molecular formula is C30H46O7. The number of fused-ring (bicyclic) bond motifs is 5. The number of hydrogen-bond acceptors (Lipinski definition) is 7. The predicted molar refractivity (Wildman–Crippen MR) is 136 cm³/mol. The number of hydrogen-bond donors (Lipinski definition) is 2. The minimum atomic E-state index is -0.670. The number of carbonyl (C=O) groups is 1. The van der Waals surface area contributed by atoms with Crippen LogP contribution in [-0.4, -0.2) is 66.2 Å². The highest BCUT2D eigenvalue weighted by atomic mass is 16.7. The third-order valence-electron chi connectivity index (χ3n) is 12.2. The van der Waals surface area contributed by atoms with Crippen LogP contribution in [0.2, 0.25) is 0 Å². The van der Waals surface area contributed by atoms with Gasteiger partial charge in [0, 0.05) is 25.0 Å². The van der Waals surface area contributed by atoms with Gasteiger partial charge in [-0.25, -0.2) is 4.79 Å². The largest absolute Gasteiger partial charge is 0.458 e. The second-order valence-electron chi connectivity index (χ2n) is 13.6. The second kappa shape index (κ2) is 9.29. The average Bonchev–Trinajstić information content (AvgIpc) is 3.41. The molecule has 0 unspecified atom stereocenters. The van der Waals surface area contributed by atoms with Gasteiger partial charge < -0.3 is 29.2 Å². The Hall–Kier alpha value is -0.990. The van der Waals surface area contributed by atoms with Gasteiger partial charge in [0.2, 0.25) is 0 Å². The van der Waals surface area contributed by atoms with Crippen LogP contribution in [0.4, 0.5) is 0 Å². The lowest BCUT2D eigenvalue weighted by molar-refractivity contribution is -0.273. The van der Waals surface area contributed by atoms with Crippen LogP contribution >= 0.6 is 0 Å². The molecule has 7 nitrogen and oxygen atoms in total. The molecule has 2 heterocycles. The monoisotopic (exact) mass is 518 g/mol. The molecule has 208 valence electrons. The standard InChI is InChI=1S/C30H46O7/c1-17-27(32)24(34-4)15-26(36-17)37-20-7-10-28(2)19(14-20)5-6-23-22(28)8-11-29(3)21(9-12-30(23,29)33)18-13-25(31)35-16-18/h13,17,19-24,26-27,32-33H,5-12,14-16H2,1-4H3/t17-,19-,20+,21-,22+,23-,24+,26-,27-,28+,29-,30+/m1/s1. The first-order valence-electron chi connectivity index (χ1n) is 14.7. The number of aliphatic hydroxyl groups is 2. The molecule has 0 radical (unpaired) electrons. The summed E-state index contributed by atoms with van der Waals surface area (Å²) in [5.74, 6) is 1.45. The van der Waals surface area contributed by atoms with Crippen molar-refractivity contribution in [3.63, 3.8) is 0 Å². The van der Waals surface area contributed by atoms with E-state index in [1.165, 1.54) is 0 Å². The molecular weight excluding hydrogens is 472 g/mol. The number of ether oxygens (including phenoxy) is 4. The highest BCUT2D eigenvalue weighted by Crippen LogP contribution is 2.70. The topological polar surface area (TPSA) is 94.5 Å². The van der Waals surface area contributed by atoms with Crippen LogP contribution in [0, 0.1) is 34.5 Å². The Bertz CT molecular complexity index is 935. The van der Waals surface area contributed by atoms with Gasteiger partial charge in [0.25, 0.3) is 0 Å². The number of methoxy groups -OCH3 is 1. The molecule has 0 amide bonds. The zero-order chi connectivity index (χ0) is 26.2. The fourth-order valence-corrected chi connectivity index (χ4v) is 10.0. The molecule has 12 atom stereocenters. The van der Waals surface area contributed by atoms with Crippen LogP contribution in [0.15, 0.2) is 11.6 Å². The Kier molecular flexibility index (Phi) is 6.59. The first kappa shape index (κ1) is 26.2. The number of cyclic esters (lactones) is 1. The van der Waals surface area contributed by atoms with Crippen molar-refractivity contribution in [2.45, 2.75) is 121 Å². The molecule has 4 saturated carbocycles. The van der Waals surface area contributed by atoms with Crippen molar-refractivity contribution in [2.24, 2.45) is 34.5 Å². The Morgan fingerprint density at radius 1 is 1.03 bits per heavy atom. The molecule has 5 fully saturated rings. The smallest absolute Gasteiger partial charge is 0.331 e. The van der Waals surface area contributed by atoms with Crippen molar-refractivity contribution in [3.8, 4) is 0 Å². The van der Waals surface area contributed by atoms with Crippen LogP contribution in [-0.2, 0) is 23.7 Å². The van der Waals surface area contributed by atoms with Crippen LogP contribution < -0.4 is 0 Å². The minimum Gasteiger partial charge on any atom is -0.458 e. The quantitative estimate of drug-likeness (QED) is 0.427. The van der Waals surface area contributed by atoms with Gasteiger partial charge in [0.15, 0.2) is 6.29 Å². The van der Waals surface area contributed by atoms with Crippen molar-refractivity contribution in [1.29, 1.82) is 0 Å². The molecule has 37 heavy (non-hydrogen) atoms. The molecule has 6 rings (SSSR count). The SMILES string of the molecule is CO[C@H]1C[C@@H](O[C@H]2CC[C@@]3(C)[C@H](CC[C@@H]4[C@@H]3CC[C@]3(C)[C@@H](C5=CC(=O)OC5)CC[C@]43O)C2)O[C@H](C)[C@H]1O. The summed E-state index contributed by atoms with van der Waals surface area (Å²) in [6.45, 7) is 7.07. The van der Waals surface area contributed by atoms with Gasteiger partial charge >= 0.3 is 5.97 Å². The molecule has 0 aromatic rings. The average molecular weight is 519 g/mol. The highest BCUT2D eigenvalue weighted by Gasteiger charge is 2.67. The van der Waals surface area contributed by atoms with Gasteiger partial charge in [-0.05, 0) is 99.4 Å². The van der Waals surface area contributed by atoms with E-state index in [1.807, 2.05) is 6.92 Å². The maximum atomic E-state index is 12.4. The van der Waals surface area contributed by atoms with Crippen molar-refractivity contribution in [1.82, 2.24) is 0 Å². The molecule has 2 N–H and O–H groups in total. The van der Waals surface area contributed by atoms with E-state index in [0.717, 1.165) is 63.4 Å². The van der Waals surface area contributed by atoms with Gasteiger partial charge in [-0.1, -0.05) is 13.8 Å². The lowest BCUT2D eigenvalue weighted by Crippen LogP contribution is -2.62. The van der Waals surface area contributed by atoms with Gasteiger partial charge in [-0.15, -0.1) is 0 Å². The van der Waals surface area contributed by atoms with Crippen LogP contribution in [0.25, 0.3) is 0 Å². The first-order valence-corrected chi connectivity index (χ1v) is 14.7. The number of rotatable bonds is 4. The molecule has 6 aliphatic rings. The van der Waals surface area contributed by atoms with E-state index in [2.05, 4.69) is 13.8 Å². The Morgan fingerprint density at radius 2 is 1.84 bits per heavy atom. The predicted octanol–water partition coefficient (Wildman–Crippen LogP) is 4.14. The van der Waals surface area contributed by atoms with Crippen LogP contribution in [0.3, 0.4) is 0 Å². The van der Waals surface area contributed by atoms with Crippen molar-refractivity contribution in [3.05, 3.63) is 11.6 Å². The number of esters is 1. The van der Waals surface area contributed by atoms with Gasteiger partial charge in [-0.3, -0.25) is 0 Å². The summed E-state index contributed by atoms with van der Waals surface area (Å²) in [5.41, 5.74) is 0.461. The lowest BCUT2D eigenvalue weighted by Gasteiger charge is -2.64. The van der Waals surface area contributed by atoms with Gasteiger partial charge in [0.05, 0.1) is 23.9 Å². The summed E-state index contributed by atoms with van der Waals surface area (Å²) in [4.78, 5) is 11.8. The molecule has 2 aliphatic heterocycles. The van der Waals surface area contributed by atoms with E-state index in [0.29, 0.717) is 30.8 Å². The molecule has 0 aromatic heterocycles. The fraction of sp³-hybridized carbons (Fsp3) is 0.900. The van der Waals surface area contributed by atoms with Crippen molar-refractivity contribution in [2.75, 3.05) is 13.7 Å². The zero-order valence-corrected chi connectivity index (χ0v) is 23.0. The summed E-state index contributed by atoms with van der Waals surface area (Å²) >= 11 is 0. The van der Waals surface area contributed by atoms with Crippen LogP contribution in [0.5, 0.6) is 0 Å². The van der Waals surface area contributed by atoms with Gasteiger partial charge in [-0.2, -0.15) is 0 Å². The Balaban J connectivity index is 1.15. The molecule has 7 heteroatoms. The lowest BCUT2D eigenvalue weighted by atomic mass is 9.43. The molecule has 1 saturated heterocycles. The van der Waals surface area contributed by atoms with Crippen molar-refractivity contribution >= 4 is 5.97 Å².